The smallest absolute Gasteiger partial charge is 0.272 e. The van der Waals surface area contributed by atoms with Crippen molar-refractivity contribution in [3.63, 3.8) is 0 Å². The minimum atomic E-state index is -0.133. The second kappa shape index (κ2) is 5.56. The molecule has 0 N–H and O–H groups in total. The number of pyridine rings is 1. The number of carbonyl (C=O) groups excluding carboxylic acids is 1. The van der Waals surface area contributed by atoms with Crippen LogP contribution in [-0.4, -0.2) is 39.0 Å². The van der Waals surface area contributed by atoms with Gasteiger partial charge in [-0.05, 0) is 32.4 Å². The Bertz CT molecular complexity index is 762. The van der Waals surface area contributed by atoms with Crippen LogP contribution in [0.15, 0.2) is 16.7 Å². The van der Waals surface area contributed by atoms with Crippen LogP contribution in [0.4, 0.5) is 0 Å². The summed E-state index contributed by atoms with van der Waals surface area (Å²) < 4.78 is 5.18. The third kappa shape index (κ3) is 2.55. The van der Waals surface area contributed by atoms with E-state index in [2.05, 4.69) is 15.1 Å². The van der Waals surface area contributed by atoms with Crippen LogP contribution in [0, 0.1) is 25.2 Å². The quantitative estimate of drug-likeness (QED) is 0.835. The molecule has 3 rings (SSSR count). The second-order valence-electron chi connectivity index (χ2n) is 5.36. The molecule has 2 aromatic rings. The molecular formula is C15H15N5O2. The minimum absolute atomic E-state index is 0.0737. The Kier molecular flexibility index (Phi) is 3.59. The lowest BCUT2D eigenvalue weighted by Crippen LogP contribution is -2.29. The number of amides is 1. The van der Waals surface area contributed by atoms with Crippen LogP contribution in [0.3, 0.4) is 0 Å². The number of nitrogens with zero attached hydrogens (tertiary/aromatic N) is 5. The van der Waals surface area contributed by atoms with Crippen molar-refractivity contribution in [1.82, 2.24) is 20.0 Å². The van der Waals surface area contributed by atoms with Crippen LogP contribution >= 0.6 is 0 Å². The van der Waals surface area contributed by atoms with Crippen molar-refractivity contribution < 1.29 is 9.32 Å². The molecule has 22 heavy (non-hydrogen) atoms. The first-order chi connectivity index (χ1) is 10.6. The molecule has 0 aliphatic carbocycles. The number of rotatable bonds is 2. The number of carbonyl (C=O) groups is 1. The van der Waals surface area contributed by atoms with Crippen LogP contribution < -0.4 is 0 Å². The molecule has 112 valence electrons. The summed E-state index contributed by atoms with van der Waals surface area (Å²) in [6.07, 6.45) is 0.794. The lowest BCUT2D eigenvalue weighted by molar-refractivity contribution is 0.0783. The lowest BCUT2D eigenvalue weighted by Gasteiger charge is -2.15. The van der Waals surface area contributed by atoms with Crippen LogP contribution in [0.1, 0.15) is 45.8 Å². The molecule has 0 bridgehead atoms. The van der Waals surface area contributed by atoms with E-state index in [0.29, 0.717) is 41.8 Å². The number of likely N-dealkylation sites (tertiary alicyclic amines) is 1. The molecule has 3 heterocycles. The molecule has 1 amide bonds. The fourth-order valence-corrected chi connectivity index (χ4v) is 2.59. The topological polar surface area (TPSA) is 95.9 Å². The van der Waals surface area contributed by atoms with Crippen molar-refractivity contribution in [3.8, 4) is 6.07 Å². The van der Waals surface area contributed by atoms with E-state index in [1.807, 2.05) is 6.07 Å². The third-order valence-electron chi connectivity index (χ3n) is 3.79. The Morgan fingerprint density at radius 1 is 1.41 bits per heavy atom. The predicted molar refractivity (Wildman–Crippen MR) is 76.0 cm³/mol. The SMILES string of the molecule is Cc1noc(C2CCN(C(=O)c3ccc(C#N)c(C)n3)C2)n1. The van der Waals surface area contributed by atoms with Crippen molar-refractivity contribution in [2.24, 2.45) is 0 Å². The Morgan fingerprint density at radius 2 is 2.23 bits per heavy atom. The Morgan fingerprint density at radius 3 is 2.86 bits per heavy atom. The summed E-state index contributed by atoms with van der Waals surface area (Å²) in [6.45, 7) is 4.67. The summed E-state index contributed by atoms with van der Waals surface area (Å²) in [7, 11) is 0. The monoisotopic (exact) mass is 297 g/mol. The number of aromatic nitrogens is 3. The molecule has 1 aliphatic heterocycles. The highest BCUT2D eigenvalue weighted by Crippen LogP contribution is 2.26. The molecule has 2 aromatic heterocycles. The number of nitriles is 1. The van der Waals surface area contributed by atoms with E-state index >= 15 is 0 Å². The van der Waals surface area contributed by atoms with Crippen LogP contribution in [0.2, 0.25) is 0 Å². The second-order valence-corrected chi connectivity index (χ2v) is 5.36. The molecule has 0 spiro atoms. The van der Waals surface area contributed by atoms with Crippen molar-refractivity contribution in [3.05, 3.63) is 40.8 Å². The molecular weight excluding hydrogens is 282 g/mol. The highest BCUT2D eigenvalue weighted by molar-refractivity contribution is 5.92. The fourth-order valence-electron chi connectivity index (χ4n) is 2.59. The summed E-state index contributed by atoms with van der Waals surface area (Å²) in [5.74, 6) is 1.12. The van der Waals surface area contributed by atoms with Gasteiger partial charge in [-0.25, -0.2) is 4.98 Å². The maximum Gasteiger partial charge on any atom is 0.272 e. The summed E-state index contributed by atoms with van der Waals surface area (Å²) in [4.78, 5) is 22.7. The van der Waals surface area contributed by atoms with Gasteiger partial charge in [0.25, 0.3) is 5.91 Å². The lowest BCUT2D eigenvalue weighted by atomic mass is 10.1. The van der Waals surface area contributed by atoms with Gasteiger partial charge in [0, 0.05) is 13.1 Å². The van der Waals surface area contributed by atoms with E-state index in [0.717, 1.165) is 6.42 Å². The van der Waals surface area contributed by atoms with Gasteiger partial charge in [-0.15, -0.1) is 0 Å². The third-order valence-corrected chi connectivity index (χ3v) is 3.79. The molecule has 1 saturated heterocycles. The number of hydrogen-bond donors (Lipinski definition) is 0. The van der Waals surface area contributed by atoms with Gasteiger partial charge in [-0.3, -0.25) is 4.79 Å². The summed E-state index contributed by atoms with van der Waals surface area (Å²) in [6, 6.07) is 5.27. The maximum absolute atomic E-state index is 12.5. The largest absolute Gasteiger partial charge is 0.339 e. The van der Waals surface area contributed by atoms with Crippen LogP contribution in [-0.2, 0) is 0 Å². The van der Waals surface area contributed by atoms with Crippen LogP contribution in [0.25, 0.3) is 0 Å². The summed E-state index contributed by atoms with van der Waals surface area (Å²) in [5, 5.41) is 12.7. The van der Waals surface area contributed by atoms with E-state index in [9.17, 15) is 4.79 Å². The molecule has 1 atom stereocenters. The first-order valence-electron chi connectivity index (χ1n) is 7.05. The molecule has 1 aliphatic rings. The van der Waals surface area contributed by atoms with Gasteiger partial charge in [-0.2, -0.15) is 10.2 Å². The van der Waals surface area contributed by atoms with Crippen molar-refractivity contribution in [2.75, 3.05) is 13.1 Å². The first kappa shape index (κ1) is 14.2. The average Bonchev–Trinajstić information content (AvgIpc) is 3.15. The van der Waals surface area contributed by atoms with Gasteiger partial charge in [-0.1, -0.05) is 5.16 Å². The standard InChI is InChI=1S/C15H15N5O2/c1-9-11(7-16)3-4-13(17-9)15(21)20-6-5-12(8-20)14-18-10(2)19-22-14/h3-4,12H,5-6,8H2,1-2H3. The van der Waals surface area contributed by atoms with Crippen molar-refractivity contribution in [2.45, 2.75) is 26.2 Å². The van der Waals surface area contributed by atoms with E-state index < -0.39 is 0 Å². The zero-order valence-corrected chi connectivity index (χ0v) is 12.4. The van der Waals surface area contributed by atoms with E-state index in [4.69, 9.17) is 9.78 Å². The Labute approximate surface area is 127 Å². The molecule has 0 aromatic carbocycles. The van der Waals surface area contributed by atoms with Gasteiger partial charge in [0.05, 0.1) is 17.2 Å². The average molecular weight is 297 g/mol. The summed E-state index contributed by atoms with van der Waals surface area (Å²) in [5.41, 5.74) is 1.41. The zero-order valence-electron chi connectivity index (χ0n) is 12.4. The Hall–Kier alpha value is -2.75. The highest BCUT2D eigenvalue weighted by atomic mass is 16.5. The van der Waals surface area contributed by atoms with Gasteiger partial charge in [0.15, 0.2) is 5.82 Å². The van der Waals surface area contributed by atoms with Crippen molar-refractivity contribution >= 4 is 5.91 Å². The van der Waals surface area contributed by atoms with Gasteiger partial charge in [0.1, 0.15) is 11.8 Å². The predicted octanol–water partition coefficient (Wildman–Crippen LogP) is 1.58. The molecule has 1 unspecified atom stereocenters. The minimum Gasteiger partial charge on any atom is -0.339 e. The number of aryl methyl sites for hydroxylation is 2. The number of hydrogen-bond acceptors (Lipinski definition) is 6. The molecule has 0 radical (unpaired) electrons. The zero-order chi connectivity index (χ0) is 15.7. The van der Waals surface area contributed by atoms with E-state index in [1.165, 1.54) is 0 Å². The van der Waals surface area contributed by atoms with Gasteiger partial charge >= 0.3 is 0 Å². The molecule has 1 fully saturated rings. The Balaban J connectivity index is 1.74. The van der Waals surface area contributed by atoms with Gasteiger partial charge in [0.2, 0.25) is 5.89 Å². The molecule has 0 saturated carbocycles. The molecule has 7 heteroatoms. The van der Waals surface area contributed by atoms with Crippen molar-refractivity contribution in [1.29, 1.82) is 5.26 Å². The van der Waals surface area contributed by atoms with E-state index in [-0.39, 0.29) is 11.8 Å². The normalized spacial score (nSPS) is 17.5. The first-order valence-corrected chi connectivity index (χ1v) is 7.05. The fraction of sp³-hybridized carbons (Fsp3) is 0.400. The van der Waals surface area contributed by atoms with Gasteiger partial charge < -0.3 is 9.42 Å². The van der Waals surface area contributed by atoms with E-state index in [1.54, 1.807) is 30.9 Å². The molecule has 7 nitrogen and oxygen atoms in total. The summed E-state index contributed by atoms with van der Waals surface area (Å²) >= 11 is 0. The van der Waals surface area contributed by atoms with Crippen LogP contribution in [0.5, 0.6) is 0 Å². The maximum atomic E-state index is 12.5. The highest BCUT2D eigenvalue weighted by Gasteiger charge is 2.31.